The number of aryl methyl sites for hydroxylation is 1. The Balaban J connectivity index is 2.28. The SMILES string of the molecule is Cc1nc(N2CCCC2)ccc1C#N. The maximum atomic E-state index is 8.77. The molecule has 1 aromatic heterocycles. The van der Waals surface area contributed by atoms with Crippen LogP contribution in [0.3, 0.4) is 0 Å². The van der Waals surface area contributed by atoms with Gasteiger partial charge in [-0.3, -0.25) is 0 Å². The van der Waals surface area contributed by atoms with Gasteiger partial charge in [0.25, 0.3) is 0 Å². The van der Waals surface area contributed by atoms with E-state index in [-0.39, 0.29) is 0 Å². The van der Waals surface area contributed by atoms with Gasteiger partial charge in [0.2, 0.25) is 0 Å². The highest BCUT2D eigenvalue weighted by Gasteiger charge is 2.13. The third kappa shape index (κ3) is 1.56. The molecule has 2 heterocycles. The molecule has 0 saturated carbocycles. The minimum atomic E-state index is 0.674. The maximum Gasteiger partial charge on any atom is 0.128 e. The molecule has 0 aliphatic carbocycles. The molecule has 0 unspecified atom stereocenters. The average molecular weight is 187 g/mol. The molecule has 1 aromatic rings. The van der Waals surface area contributed by atoms with Crippen molar-refractivity contribution in [3.63, 3.8) is 0 Å². The molecule has 1 fully saturated rings. The van der Waals surface area contributed by atoms with Gasteiger partial charge < -0.3 is 4.90 Å². The summed E-state index contributed by atoms with van der Waals surface area (Å²) < 4.78 is 0. The summed E-state index contributed by atoms with van der Waals surface area (Å²) in [6, 6.07) is 5.93. The van der Waals surface area contributed by atoms with E-state index < -0.39 is 0 Å². The van der Waals surface area contributed by atoms with Crippen LogP contribution in [0.4, 0.5) is 5.82 Å². The Bertz CT molecular complexity index is 373. The van der Waals surface area contributed by atoms with Crippen molar-refractivity contribution < 1.29 is 0 Å². The molecular formula is C11H13N3. The van der Waals surface area contributed by atoms with Crippen molar-refractivity contribution in [2.24, 2.45) is 0 Å². The van der Waals surface area contributed by atoms with E-state index in [9.17, 15) is 0 Å². The quantitative estimate of drug-likeness (QED) is 0.673. The third-order valence-electron chi connectivity index (χ3n) is 2.62. The molecular weight excluding hydrogens is 174 g/mol. The topological polar surface area (TPSA) is 39.9 Å². The zero-order valence-corrected chi connectivity index (χ0v) is 8.32. The first-order valence-electron chi connectivity index (χ1n) is 4.94. The summed E-state index contributed by atoms with van der Waals surface area (Å²) >= 11 is 0. The number of hydrogen-bond acceptors (Lipinski definition) is 3. The number of nitrogens with zero attached hydrogens (tertiary/aromatic N) is 3. The summed E-state index contributed by atoms with van der Waals surface area (Å²) in [6.07, 6.45) is 2.50. The van der Waals surface area contributed by atoms with Crippen molar-refractivity contribution in [1.29, 1.82) is 5.26 Å². The molecule has 0 amide bonds. The van der Waals surface area contributed by atoms with Gasteiger partial charge in [-0.05, 0) is 31.9 Å². The second-order valence-corrected chi connectivity index (χ2v) is 3.61. The van der Waals surface area contributed by atoms with Crippen molar-refractivity contribution >= 4 is 5.82 Å². The van der Waals surface area contributed by atoms with Crippen LogP contribution in [-0.4, -0.2) is 18.1 Å². The fourth-order valence-electron chi connectivity index (χ4n) is 1.79. The Labute approximate surface area is 84.0 Å². The lowest BCUT2D eigenvalue weighted by Crippen LogP contribution is -2.19. The number of pyridine rings is 1. The first-order chi connectivity index (χ1) is 6.81. The van der Waals surface area contributed by atoms with Crippen LogP contribution in [0.2, 0.25) is 0 Å². The summed E-state index contributed by atoms with van der Waals surface area (Å²) in [5, 5.41) is 8.77. The monoisotopic (exact) mass is 187 g/mol. The molecule has 3 nitrogen and oxygen atoms in total. The largest absolute Gasteiger partial charge is 0.357 e. The molecule has 0 spiro atoms. The van der Waals surface area contributed by atoms with Gasteiger partial charge in [0.15, 0.2) is 0 Å². The zero-order valence-electron chi connectivity index (χ0n) is 8.32. The summed E-state index contributed by atoms with van der Waals surface area (Å²) in [7, 11) is 0. The zero-order chi connectivity index (χ0) is 9.97. The van der Waals surface area contributed by atoms with Crippen LogP contribution in [0.15, 0.2) is 12.1 Å². The second kappa shape index (κ2) is 3.67. The first-order valence-corrected chi connectivity index (χ1v) is 4.94. The second-order valence-electron chi connectivity index (χ2n) is 3.61. The van der Waals surface area contributed by atoms with Crippen LogP contribution in [0.5, 0.6) is 0 Å². The minimum absolute atomic E-state index is 0.674. The number of rotatable bonds is 1. The van der Waals surface area contributed by atoms with Gasteiger partial charge in [0, 0.05) is 13.1 Å². The fourth-order valence-corrected chi connectivity index (χ4v) is 1.79. The first kappa shape index (κ1) is 9.01. The molecule has 0 aromatic carbocycles. The number of nitriles is 1. The van der Waals surface area contributed by atoms with E-state index in [1.807, 2.05) is 19.1 Å². The highest BCUT2D eigenvalue weighted by molar-refractivity contribution is 5.45. The number of hydrogen-bond donors (Lipinski definition) is 0. The van der Waals surface area contributed by atoms with Crippen LogP contribution < -0.4 is 4.90 Å². The summed E-state index contributed by atoms with van der Waals surface area (Å²) in [5.41, 5.74) is 1.50. The van der Waals surface area contributed by atoms with E-state index >= 15 is 0 Å². The molecule has 14 heavy (non-hydrogen) atoms. The standard InChI is InChI=1S/C11H13N3/c1-9-10(8-12)4-5-11(13-9)14-6-2-3-7-14/h4-5H,2-3,6-7H2,1H3. The van der Waals surface area contributed by atoms with Gasteiger partial charge in [-0.1, -0.05) is 0 Å². The lowest BCUT2D eigenvalue weighted by atomic mass is 10.2. The maximum absolute atomic E-state index is 8.77. The van der Waals surface area contributed by atoms with Crippen molar-refractivity contribution in [3.8, 4) is 6.07 Å². The molecule has 0 atom stereocenters. The van der Waals surface area contributed by atoms with E-state index in [0.717, 1.165) is 24.6 Å². The fraction of sp³-hybridized carbons (Fsp3) is 0.455. The van der Waals surface area contributed by atoms with Crippen LogP contribution in [0, 0.1) is 18.3 Å². The third-order valence-corrected chi connectivity index (χ3v) is 2.62. The van der Waals surface area contributed by atoms with Gasteiger partial charge in [-0.15, -0.1) is 0 Å². The van der Waals surface area contributed by atoms with Crippen molar-refractivity contribution in [3.05, 3.63) is 23.4 Å². The molecule has 3 heteroatoms. The molecule has 1 aliphatic rings. The van der Waals surface area contributed by atoms with Gasteiger partial charge in [-0.2, -0.15) is 5.26 Å². The predicted octanol–water partition coefficient (Wildman–Crippen LogP) is 1.86. The van der Waals surface area contributed by atoms with Crippen LogP contribution in [-0.2, 0) is 0 Å². The van der Waals surface area contributed by atoms with Crippen molar-refractivity contribution in [2.45, 2.75) is 19.8 Å². The number of aromatic nitrogens is 1. The lowest BCUT2D eigenvalue weighted by Gasteiger charge is -2.16. The Morgan fingerprint density at radius 3 is 2.64 bits per heavy atom. The average Bonchev–Trinajstić information content (AvgIpc) is 2.70. The van der Waals surface area contributed by atoms with E-state index in [0.29, 0.717) is 5.56 Å². The Morgan fingerprint density at radius 1 is 1.36 bits per heavy atom. The van der Waals surface area contributed by atoms with Crippen LogP contribution in [0.1, 0.15) is 24.1 Å². The van der Waals surface area contributed by atoms with Gasteiger partial charge in [0.1, 0.15) is 11.9 Å². The smallest absolute Gasteiger partial charge is 0.128 e. The van der Waals surface area contributed by atoms with Crippen molar-refractivity contribution in [2.75, 3.05) is 18.0 Å². The molecule has 0 radical (unpaired) electrons. The van der Waals surface area contributed by atoms with Crippen LogP contribution >= 0.6 is 0 Å². The van der Waals surface area contributed by atoms with E-state index in [1.54, 1.807) is 0 Å². The molecule has 0 bridgehead atoms. The van der Waals surface area contributed by atoms with Gasteiger partial charge in [-0.25, -0.2) is 4.98 Å². The van der Waals surface area contributed by atoms with Gasteiger partial charge >= 0.3 is 0 Å². The highest BCUT2D eigenvalue weighted by atomic mass is 15.2. The summed E-state index contributed by atoms with van der Waals surface area (Å²) in [4.78, 5) is 6.70. The minimum Gasteiger partial charge on any atom is -0.357 e. The van der Waals surface area contributed by atoms with E-state index in [4.69, 9.17) is 5.26 Å². The molecule has 1 aliphatic heterocycles. The molecule has 1 saturated heterocycles. The number of anilines is 1. The molecule has 2 rings (SSSR count). The summed E-state index contributed by atoms with van der Waals surface area (Å²) in [6.45, 7) is 4.08. The van der Waals surface area contributed by atoms with E-state index in [1.165, 1.54) is 12.8 Å². The van der Waals surface area contributed by atoms with Crippen LogP contribution in [0.25, 0.3) is 0 Å². The highest BCUT2D eigenvalue weighted by Crippen LogP contribution is 2.19. The lowest BCUT2D eigenvalue weighted by molar-refractivity contribution is 0.928. The Hall–Kier alpha value is -1.56. The van der Waals surface area contributed by atoms with Gasteiger partial charge in [0.05, 0.1) is 11.3 Å². The Kier molecular flexibility index (Phi) is 2.36. The van der Waals surface area contributed by atoms with E-state index in [2.05, 4.69) is 16.0 Å². The molecule has 0 N–H and O–H groups in total. The summed E-state index contributed by atoms with van der Waals surface area (Å²) in [5.74, 6) is 1.01. The predicted molar refractivity (Wildman–Crippen MR) is 55.1 cm³/mol. The van der Waals surface area contributed by atoms with Crippen molar-refractivity contribution in [1.82, 2.24) is 4.98 Å². The Morgan fingerprint density at radius 2 is 2.07 bits per heavy atom. The molecule has 72 valence electrons. The normalized spacial score (nSPS) is 15.6.